The second-order valence-corrected chi connectivity index (χ2v) is 4.79. The molecule has 5 nitrogen and oxygen atoms in total. The predicted molar refractivity (Wildman–Crippen MR) is 71.1 cm³/mol. The third-order valence-electron chi connectivity index (χ3n) is 3.53. The fourth-order valence-corrected chi connectivity index (χ4v) is 2.08. The van der Waals surface area contributed by atoms with Gasteiger partial charge in [-0.05, 0) is 18.9 Å². The maximum Gasteiger partial charge on any atom is 0.311 e. The van der Waals surface area contributed by atoms with E-state index in [0.29, 0.717) is 25.6 Å². The standard InChI is InChI=1S/C13H25N3O2/c1-3-11(4-2)10-15-12(17)13(18)16-8-5-6-14-7-9-16/h11,14H,3-10H2,1-2H3,(H,15,17). The van der Waals surface area contributed by atoms with Crippen LogP contribution in [-0.4, -0.2) is 49.4 Å². The van der Waals surface area contributed by atoms with Gasteiger partial charge < -0.3 is 15.5 Å². The van der Waals surface area contributed by atoms with Gasteiger partial charge in [0.2, 0.25) is 0 Å². The van der Waals surface area contributed by atoms with E-state index in [1.54, 1.807) is 4.90 Å². The van der Waals surface area contributed by atoms with Gasteiger partial charge in [-0.3, -0.25) is 9.59 Å². The molecule has 104 valence electrons. The third-order valence-corrected chi connectivity index (χ3v) is 3.53. The molecular formula is C13H25N3O2. The van der Waals surface area contributed by atoms with Crippen LogP contribution in [0.5, 0.6) is 0 Å². The molecule has 1 heterocycles. The van der Waals surface area contributed by atoms with Crippen molar-refractivity contribution in [3.8, 4) is 0 Å². The molecule has 2 N–H and O–H groups in total. The molecular weight excluding hydrogens is 230 g/mol. The summed E-state index contributed by atoms with van der Waals surface area (Å²) in [5, 5.41) is 5.97. The van der Waals surface area contributed by atoms with Crippen LogP contribution in [0.2, 0.25) is 0 Å². The van der Waals surface area contributed by atoms with Crippen LogP contribution in [0.3, 0.4) is 0 Å². The molecule has 0 aromatic rings. The summed E-state index contributed by atoms with van der Waals surface area (Å²) in [7, 11) is 0. The van der Waals surface area contributed by atoms with Crippen molar-refractivity contribution >= 4 is 11.8 Å². The van der Waals surface area contributed by atoms with Gasteiger partial charge in [0.05, 0.1) is 0 Å². The SMILES string of the molecule is CCC(CC)CNC(=O)C(=O)N1CCCNCC1. The van der Waals surface area contributed by atoms with Crippen LogP contribution in [-0.2, 0) is 9.59 Å². The van der Waals surface area contributed by atoms with Crippen molar-refractivity contribution in [3.05, 3.63) is 0 Å². The first kappa shape index (κ1) is 15.0. The number of carbonyl (C=O) groups is 2. The Balaban J connectivity index is 2.37. The first-order chi connectivity index (χ1) is 8.69. The Morgan fingerprint density at radius 2 is 1.94 bits per heavy atom. The molecule has 0 spiro atoms. The van der Waals surface area contributed by atoms with Gasteiger partial charge in [-0.1, -0.05) is 26.7 Å². The fourth-order valence-electron chi connectivity index (χ4n) is 2.08. The van der Waals surface area contributed by atoms with Crippen LogP contribution < -0.4 is 10.6 Å². The van der Waals surface area contributed by atoms with Crippen LogP contribution in [0.25, 0.3) is 0 Å². The Hall–Kier alpha value is -1.10. The van der Waals surface area contributed by atoms with E-state index in [-0.39, 0.29) is 5.91 Å². The molecule has 1 aliphatic rings. The van der Waals surface area contributed by atoms with Crippen molar-refractivity contribution in [2.45, 2.75) is 33.1 Å². The minimum Gasteiger partial charge on any atom is -0.348 e. The zero-order valence-electron chi connectivity index (χ0n) is 11.5. The molecule has 1 rings (SSSR count). The lowest BCUT2D eigenvalue weighted by Gasteiger charge is -2.20. The third kappa shape index (κ3) is 4.64. The Morgan fingerprint density at radius 3 is 2.61 bits per heavy atom. The fraction of sp³-hybridized carbons (Fsp3) is 0.846. The molecule has 0 bridgehead atoms. The van der Waals surface area contributed by atoms with Gasteiger partial charge in [-0.2, -0.15) is 0 Å². The number of nitrogens with one attached hydrogen (secondary N) is 2. The normalized spacial score (nSPS) is 16.5. The summed E-state index contributed by atoms with van der Waals surface area (Å²) >= 11 is 0. The Labute approximate surface area is 109 Å². The van der Waals surface area contributed by atoms with Gasteiger partial charge in [-0.15, -0.1) is 0 Å². The summed E-state index contributed by atoms with van der Waals surface area (Å²) in [5.74, 6) is -0.374. The molecule has 5 heteroatoms. The lowest BCUT2D eigenvalue weighted by atomic mass is 10.0. The monoisotopic (exact) mass is 255 g/mol. The molecule has 0 unspecified atom stereocenters. The largest absolute Gasteiger partial charge is 0.348 e. The van der Waals surface area contributed by atoms with Crippen LogP contribution in [0.15, 0.2) is 0 Å². The first-order valence-electron chi connectivity index (χ1n) is 6.96. The topological polar surface area (TPSA) is 61.4 Å². The second kappa shape index (κ2) is 8.08. The van der Waals surface area contributed by atoms with E-state index in [2.05, 4.69) is 24.5 Å². The van der Waals surface area contributed by atoms with Crippen molar-refractivity contribution in [2.75, 3.05) is 32.7 Å². The molecule has 0 aromatic carbocycles. The Bertz CT molecular complexity index is 269. The van der Waals surface area contributed by atoms with Crippen molar-refractivity contribution in [3.63, 3.8) is 0 Å². The zero-order chi connectivity index (χ0) is 13.4. The average molecular weight is 255 g/mol. The van der Waals surface area contributed by atoms with Gasteiger partial charge in [0.15, 0.2) is 0 Å². The highest BCUT2D eigenvalue weighted by Gasteiger charge is 2.22. The highest BCUT2D eigenvalue weighted by molar-refractivity contribution is 6.35. The summed E-state index contributed by atoms with van der Waals surface area (Å²) in [5.41, 5.74) is 0. The highest BCUT2D eigenvalue weighted by atomic mass is 16.2. The van der Waals surface area contributed by atoms with Gasteiger partial charge in [0.25, 0.3) is 0 Å². The van der Waals surface area contributed by atoms with Gasteiger partial charge in [0.1, 0.15) is 0 Å². The number of rotatable bonds is 4. The molecule has 1 saturated heterocycles. The van der Waals surface area contributed by atoms with Gasteiger partial charge in [0, 0.05) is 26.2 Å². The lowest BCUT2D eigenvalue weighted by molar-refractivity contribution is -0.145. The van der Waals surface area contributed by atoms with E-state index in [1.165, 1.54) is 0 Å². The van der Waals surface area contributed by atoms with Gasteiger partial charge in [-0.25, -0.2) is 0 Å². The number of amides is 2. The average Bonchev–Trinajstić information content (AvgIpc) is 2.67. The molecule has 0 aromatic heterocycles. The smallest absolute Gasteiger partial charge is 0.311 e. The maximum absolute atomic E-state index is 11.9. The first-order valence-corrected chi connectivity index (χ1v) is 6.96. The van der Waals surface area contributed by atoms with Crippen LogP contribution in [0.4, 0.5) is 0 Å². The van der Waals surface area contributed by atoms with E-state index in [9.17, 15) is 9.59 Å². The van der Waals surface area contributed by atoms with Crippen molar-refractivity contribution in [2.24, 2.45) is 5.92 Å². The molecule has 2 amide bonds. The van der Waals surface area contributed by atoms with Crippen LogP contribution >= 0.6 is 0 Å². The molecule has 1 fully saturated rings. The quantitative estimate of drug-likeness (QED) is 0.713. The number of carbonyl (C=O) groups excluding carboxylic acids is 2. The molecule has 0 radical (unpaired) electrons. The van der Waals surface area contributed by atoms with E-state index in [1.807, 2.05) is 0 Å². The van der Waals surface area contributed by atoms with Gasteiger partial charge >= 0.3 is 11.8 Å². The van der Waals surface area contributed by atoms with E-state index >= 15 is 0 Å². The van der Waals surface area contributed by atoms with Crippen LogP contribution in [0.1, 0.15) is 33.1 Å². The maximum atomic E-state index is 11.9. The highest BCUT2D eigenvalue weighted by Crippen LogP contribution is 2.05. The molecule has 0 aliphatic carbocycles. The van der Waals surface area contributed by atoms with E-state index in [4.69, 9.17) is 0 Å². The Kier molecular flexibility index (Phi) is 6.72. The molecule has 18 heavy (non-hydrogen) atoms. The number of hydrogen-bond acceptors (Lipinski definition) is 3. The summed E-state index contributed by atoms with van der Waals surface area (Å²) < 4.78 is 0. The minimum atomic E-state index is -0.455. The Morgan fingerprint density at radius 1 is 1.22 bits per heavy atom. The minimum absolute atomic E-state index is 0.385. The van der Waals surface area contributed by atoms with Crippen LogP contribution in [0, 0.1) is 5.92 Å². The van der Waals surface area contributed by atoms with E-state index in [0.717, 1.165) is 32.4 Å². The molecule has 0 atom stereocenters. The summed E-state index contributed by atoms with van der Waals surface area (Å²) in [6.45, 7) is 7.78. The van der Waals surface area contributed by atoms with Crippen molar-refractivity contribution in [1.82, 2.24) is 15.5 Å². The predicted octanol–water partition coefficient (Wildman–Crippen LogP) is 0.361. The summed E-state index contributed by atoms with van der Waals surface area (Å²) in [6.07, 6.45) is 2.96. The lowest BCUT2D eigenvalue weighted by Crippen LogP contribution is -2.45. The number of nitrogens with zero attached hydrogens (tertiary/aromatic N) is 1. The van der Waals surface area contributed by atoms with Crippen molar-refractivity contribution < 1.29 is 9.59 Å². The molecule has 1 aliphatic heterocycles. The second-order valence-electron chi connectivity index (χ2n) is 4.79. The van der Waals surface area contributed by atoms with Crippen molar-refractivity contribution in [1.29, 1.82) is 0 Å². The summed E-state index contributed by atoms with van der Waals surface area (Å²) in [4.78, 5) is 25.3. The van der Waals surface area contributed by atoms with E-state index < -0.39 is 5.91 Å². The number of hydrogen-bond donors (Lipinski definition) is 2. The summed E-state index contributed by atoms with van der Waals surface area (Å²) in [6, 6.07) is 0. The molecule has 0 saturated carbocycles. The zero-order valence-corrected chi connectivity index (χ0v) is 11.5.